The number of fused-ring (bicyclic) bond motifs is 1. The van der Waals surface area contributed by atoms with Crippen molar-refractivity contribution in [3.05, 3.63) is 70.3 Å². The van der Waals surface area contributed by atoms with E-state index in [2.05, 4.69) is 37.4 Å². The molecule has 1 aliphatic carbocycles. The van der Waals surface area contributed by atoms with E-state index in [0.29, 0.717) is 12.8 Å². The van der Waals surface area contributed by atoms with Crippen molar-refractivity contribution < 1.29 is 9.90 Å². The number of aliphatic hydroxyl groups is 1. The average Bonchev–Trinajstić information content (AvgIpc) is 2.87. The minimum absolute atomic E-state index is 0.0216. The van der Waals surface area contributed by atoms with Crippen molar-refractivity contribution in [1.82, 2.24) is 5.32 Å². The predicted octanol–water partition coefficient (Wildman–Crippen LogP) is 2.88. The van der Waals surface area contributed by atoms with Crippen LogP contribution in [-0.2, 0) is 24.1 Å². The molecule has 0 aliphatic heterocycles. The fourth-order valence-corrected chi connectivity index (χ4v) is 3.57. The third-order valence-corrected chi connectivity index (χ3v) is 4.91. The number of hydrogen-bond donors (Lipinski definition) is 2. The van der Waals surface area contributed by atoms with Crippen LogP contribution in [0.5, 0.6) is 0 Å². The smallest absolute Gasteiger partial charge is 0.252 e. The summed E-state index contributed by atoms with van der Waals surface area (Å²) in [6.45, 7) is 6.16. The van der Waals surface area contributed by atoms with E-state index in [9.17, 15) is 9.90 Å². The Morgan fingerprint density at radius 3 is 2.38 bits per heavy atom. The lowest BCUT2D eigenvalue weighted by molar-refractivity contribution is -0.139. The Bertz CT molecular complexity index is 741. The van der Waals surface area contributed by atoms with Gasteiger partial charge in [0.25, 0.3) is 5.91 Å². The predicted molar refractivity (Wildman–Crippen MR) is 96.0 cm³/mol. The average molecular weight is 323 g/mol. The van der Waals surface area contributed by atoms with Crippen LogP contribution in [0.15, 0.2) is 42.5 Å². The summed E-state index contributed by atoms with van der Waals surface area (Å²) in [6.07, 6.45) is 1.55. The Labute approximate surface area is 143 Å². The number of hydrogen-bond acceptors (Lipinski definition) is 2. The van der Waals surface area contributed by atoms with E-state index < -0.39 is 5.60 Å². The van der Waals surface area contributed by atoms with Crippen LogP contribution in [0.25, 0.3) is 0 Å². The SMILES string of the molecule is Cc1ccc(CC(C)NC(=O)C2(O)Cc3ccccc3C2)c(C)c1. The summed E-state index contributed by atoms with van der Waals surface area (Å²) in [5.41, 5.74) is 4.53. The number of benzene rings is 2. The molecule has 1 atom stereocenters. The van der Waals surface area contributed by atoms with Crippen molar-refractivity contribution in [1.29, 1.82) is 0 Å². The summed E-state index contributed by atoms with van der Waals surface area (Å²) in [7, 11) is 0. The molecule has 0 bridgehead atoms. The number of carbonyl (C=O) groups is 1. The van der Waals surface area contributed by atoms with E-state index in [-0.39, 0.29) is 11.9 Å². The van der Waals surface area contributed by atoms with Gasteiger partial charge in [0.2, 0.25) is 0 Å². The maximum atomic E-state index is 12.6. The second-order valence-electron chi connectivity index (χ2n) is 7.16. The van der Waals surface area contributed by atoms with E-state index in [1.165, 1.54) is 16.7 Å². The molecule has 0 heterocycles. The van der Waals surface area contributed by atoms with E-state index in [1.54, 1.807) is 0 Å². The van der Waals surface area contributed by atoms with Crippen molar-refractivity contribution in [2.75, 3.05) is 0 Å². The standard InChI is InChI=1S/C21H25NO2/c1-14-8-9-17(15(2)10-14)11-16(3)22-20(23)21(24)12-18-6-4-5-7-19(18)13-21/h4-10,16,24H,11-13H2,1-3H3,(H,22,23). The lowest BCUT2D eigenvalue weighted by atomic mass is 9.97. The van der Waals surface area contributed by atoms with Gasteiger partial charge in [0.1, 0.15) is 0 Å². The highest BCUT2D eigenvalue weighted by molar-refractivity contribution is 5.87. The quantitative estimate of drug-likeness (QED) is 0.909. The summed E-state index contributed by atoms with van der Waals surface area (Å²) in [5.74, 6) is -0.268. The van der Waals surface area contributed by atoms with Crippen LogP contribution < -0.4 is 5.32 Å². The van der Waals surface area contributed by atoms with Gasteiger partial charge >= 0.3 is 0 Å². The fourth-order valence-electron chi connectivity index (χ4n) is 3.57. The molecule has 0 fully saturated rings. The Kier molecular flexibility index (Phi) is 4.46. The van der Waals surface area contributed by atoms with Crippen LogP contribution >= 0.6 is 0 Å². The molecule has 3 rings (SSSR count). The van der Waals surface area contributed by atoms with Gasteiger partial charge in [-0.25, -0.2) is 0 Å². The maximum absolute atomic E-state index is 12.6. The van der Waals surface area contributed by atoms with E-state index in [0.717, 1.165) is 17.5 Å². The summed E-state index contributed by atoms with van der Waals surface area (Å²) in [6, 6.07) is 14.2. The third kappa shape index (κ3) is 3.36. The van der Waals surface area contributed by atoms with Crippen LogP contribution in [0.4, 0.5) is 0 Å². The van der Waals surface area contributed by atoms with Gasteiger partial charge in [-0.3, -0.25) is 4.79 Å². The molecule has 0 saturated carbocycles. The molecule has 1 amide bonds. The van der Waals surface area contributed by atoms with Gasteiger partial charge in [-0.2, -0.15) is 0 Å². The molecule has 1 aliphatic rings. The molecule has 2 aromatic carbocycles. The number of amides is 1. The van der Waals surface area contributed by atoms with E-state index in [4.69, 9.17) is 0 Å². The van der Waals surface area contributed by atoms with Crippen molar-refractivity contribution in [2.45, 2.75) is 51.7 Å². The summed E-state index contributed by atoms with van der Waals surface area (Å²) >= 11 is 0. The molecule has 3 heteroatoms. The van der Waals surface area contributed by atoms with Crippen molar-refractivity contribution in [3.8, 4) is 0 Å². The largest absolute Gasteiger partial charge is 0.379 e. The maximum Gasteiger partial charge on any atom is 0.252 e. The van der Waals surface area contributed by atoms with Gasteiger partial charge in [-0.05, 0) is 49.4 Å². The first kappa shape index (κ1) is 16.7. The molecule has 2 N–H and O–H groups in total. The zero-order valence-corrected chi connectivity index (χ0v) is 14.6. The van der Waals surface area contributed by atoms with Gasteiger partial charge < -0.3 is 10.4 Å². The minimum atomic E-state index is -1.32. The summed E-state index contributed by atoms with van der Waals surface area (Å²) in [5, 5.41) is 13.8. The van der Waals surface area contributed by atoms with Gasteiger partial charge in [0.15, 0.2) is 5.60 Å². The summed E-state index contributed by atoms with van der Waals surface area (Å²) < 4.78 is 0. The number of rotatable bonds is 4. The van der Waals surface area contributed by atoms with Gasteiger partial charge in [-0.1, -0.05) is 48.0 Å². The lowest BCUT2D eigenvalue weighted by Gasteiger charge is -2.24. The van der Waals surface area contributed by atoms with Crippen LogP contribution in [-0.4, -0.2) is 22.7 Å². The Morgan fingerprint density at radius 2 is 1.79 bits per heavy atom. The number of aryl methyl sites for hydroxylation is 2. The van der Waals surface area contributed by atoms with Gasteiger partial charge in [-0.15, -0.1) is 0 Å². The minimum Gasteiger partial charge on any atom is -0.379 e. The van der Waals surface area contributed by atoms with Crippen molar-refractivity contribution in [2.24, 2.45) is 0 Å². The molecule has 3 nitrogen and oxygen atoms in total. The second-order valence-corrected chi connectivity index (χ2v) is 7.16. The molecule has 0 aromatic heterocycles. The van der Waals surface area contributed by atoms with Crippen LogP contribution in [0, 0.1) is 13.8 Å². The zero-order valence-electron chi connectivity index (χ0n) is 14.6. The van der Waals surface area contributed by atoms with Crippen LogP contribution in [0.1, 0.15) is 34.7 Å². The molecule has 0 spiro atoms. The number of carbonyl (C=O) groups excluding carboxylic acids is 1. The molecular formula is C21H25NO2. The normalized spacial score (nSPS) is 16.5. The first-order valence-corrected chi connectivity index (χ1v) is 8.54. The Hall–Kier alpha value is -2.13. The molecule has 0 saturated heterocycles. The van der Waals surface area contributed by atoms with E-state index >= 15 is 0 Å². The molecular weight excluding hydrogens is 298 g/mol. The second kappa shape index (κ2) is 6.40. The highest BCUT2D eigenvalue weighted by atomic mass is 16.3. The first-order chi connectivity index (χ1) is 11.4. The monoisotopic (exact) mass is 323 g/mol. The Balaban J connectivity index is 1.64. The summed E-state index contributed by atoms with van der Waals surface area (Å²) in [4.78, 5) is 12.6. The van der Waals surface area contributed by atoms with Crippen LogP contribution in [0.2, 0.25) is 0 Å². The fraction of sp³-hybridized carbons (Fsp3) is 0.381. The zero-order chi connectivity index (χ0) is 17.3. The van der Waals surface area contributed by atoms with Crippen molar-refractivity contribution in [3.63, 3.8) is 0 Å². The molecule has 1 unspecified atom stereocenters. The number of nitrogens with one attached hydrogen (secondary N) is 1. The molecule has 2 aromatic rings. The van der Waals surface area contributed by atoms with E-state index in [1.807, 2.05) is 31.2 Å². The molecule has 0 radical (unpaired) electrons. The molecule has 126 valence electrons. The van der Waals surface area contributed by atoms with Crippen molar-refractivity contribution >= 4 is 5.91 Å². The third-order valence-electron chi connectivity index (χ3n) is 4.91. The molecule has 24 heavy (non-hydrogen) atoms. The van der Waals surface area contributed by atoms with Crippen LogP contribution in [0.3, 0.4) is 0 Å². The first-order valence-electron chi connectivity index (χ1n) is 8.54. The highest BCUT2D eigenvalue weighted by Gasteiger charge is 2.42. The topological polar surface area (TPSA) is 49.3 Å². The van der Waals surface area contributed by atoms with Gasteiger partial charge in [0.05, 0.1) is 0 Å². The Morgan fingerprint density at radius 1 is 1.17 bits per heavy atom. The highest BCUT2D eigenvalue weighted by Crippen LogP contribution is 2.30. The van der Waals surface area contributed by atoms with Gasteiger partial charge in [0, 0.05) is 18.9 Å². The lowest BCUT2D eigenvalue weighted by Crippen LogP contribution is -2.50.